The molecule has 21 heavy (non-hydrogen) atoms. The molecule has 7 heteroatoms. The normalized spacial score (nSPS) is 12.0. The number of carbonyl (C=O) groups is 1. The third kappa shape index (κ3) is 4.03. The molecule has 0 aliphatic carbocycles. The van der Waals surface area contributed by atoms with Gasteiger partial charge in [0.15, 0.2) is 0 Å². The van der Waals surface area contributed by atoms with E-state index in [4.69, 9.17) is 0 Å². The van der Waals surface area contributed by atoms with Gasteiger partial charge in [-0.1, -0.05) is 12.1 Å². The first-order valence-electron chi connectivity index (χ1n) is 6.44. The molecule has 1 atom stereocenters. The van der Waals surface area contributed by atoms with Gasteiger partial charge >= 0.3 is 6.03 Å². The summed E-state index contributed by atoms with van der Waals surface area (Å²) in [6, 6.07) is 6.76. The molecule has 0 aliphatic rings. The fourth-order valence-corrected chi connectivity index (χ4v) is 1.88. The van der Waals surface area contributed by atoms with Crippen LogP contribution in [-0.2, 0) is 7.05 Å². The van der Waals surface area contributed by atoms with Gasteiger partial charge in [0, 0.05) is 19.7 Å². The van der Waals surface area contributed by atoms with Crippen LogP contribution in [0.5, 0.6) is 0 Å². The van der Waals surface area contributed by atoms with E-state index in [1.807, 2.05) is 6.92 Å². The van der Waals surface area contributed by atoms with Gasteiger partial charge < -0.3 is 10.4 Å². The Balaban J connectivity index is 1.86. The van der Waals surface area contributed by atoms with Gasteiger partial charge in [0.25, 0.3) is 0 Å². The average Bonchev–Trinajstić information content (AvgIpc) is 2.75. The van der Waals surface area contributed by atoms with Crippen LogP contribution in [0.4, 0.5) is 15.0 Å². The SMILES string of the molecule is Cc1cc(NC(=O)NC[C@H](O)c2ccc(F)cc2)n(C)n1. The summed E-state index contributed by atoms with van der Waals surface area (Å²) in [6.45, 7) is 1.84. The van der Waals surface area contributed by atoms with Crippen molar-refractivity contribution < 1.29 is 14.3 Å². The van der Waals surface area contributed by atoms with Gasteiger partial charge in [0.2, 0.25) is 0 Å². The van der Waals surface area contributed by atoms with Crippen LogP contribution in [0.1, 0.15) is 17.4 Å². The lowest BCUT2D eigenvalue weighted by Crippen LogP contribution is -2.33. The minimum Gasteiger partial charge on any atom is -0.387 e. The molecular weight excluding hydrogens is 275 g/mol. The molecule has 0 spiro atoms. The Hall–Kier alpha value is -2.41. The molecule has 0 aliphatic heterocycles. The summed E-state index contributed by atoms with van der Waals surface area (Å²) >= 11 is 0. The van der Waals surface area contributed by atoms with Crippen molar-refractivity contribution >= 4 is 11.8 Å². The molecule has 1 heterocycles. The van der Waals surface area contributed by atoms with E-state index in [0.29, 0.717) is 11.4 Å². The Labute approximate surface area is 121 Å². The smallest absolute Gasteiger partial charge is 0.320 e. The topological polar surface area (TPSA) is 79.2 Å². The maximum atomic E-state index is 12.8. The molecule has 3 N–H and O–H groups in total. The molecule has 1 aromatic heterocycles. The molecule has 0 saturated heterocycles. The number of aliphatic hydroxyl groups excluding tert-OH is 1. The Bertz CT molecular complexity index is 624. The molecule has 0 bridgehead atoms. The van der Waals surface area contributed by atoms with Crippen molar-refractivity contribution in [1.29, 1.82) is 0 Å². The van der Waals surface area contributed by atoms with Crippen molar-refractivity contribution in [3.8, 4) is 0 Å². The summed E-state index contributed by atoms with van der Waals surface area (Å²) in [7, 11) is 1.72. The molecule has 0 saturated carbocycles. The number of aryl methyl sites for hydroxylation is 2. The van der Waals surface area contributed by atoms with Crippen LogP contribution in [0.15, 0.2) is 30.3 Å². The highest BCUT2D eigenvalue weighted by molar-refractivity contribution is 5.88. The average molecular weight is 292 g/mol. The number of benzene rings is 1. The number of hydrogen-bond donors (Lipinski definition) is 3. The van der Waals surface area contributed by atoms with Crippen molar-refractivity contribution in [3.63, 3.8) is 0 Å². The maximum absolute atomic E-state index is 12.8. The van der Waals surface area contributed by atoms with E-state index in [1.54, 1.807) is 17.8 Å². The van der Waals surface area contributed by atoms with Gasteiger partial charge in [0.05, 0.1) is 11.8 Å². The molecule has 1 aromatic carbocycles. The first kappa shape index (κ1) is 15.0. The summed E-state index contributed by atoms with van der Waals surface area (Å²) in [5.74, 6) is 0.185. The predicted molar refractivity (Wildman–Crippen MR) is 76.3 cm³/mol. The zero-order chi connectivity index (χ0) is 15.4. The van der Waals surface area contributed by atoms with Crippen LogP contribution in [0.3, 0.4) is 0 Å². The minimum atomic E-state index is -0.898. The lowest BCUT2D eigenvalue weighted by atomic mass is 10.1. The number of anilines is 1. The fraction of sp³-hybridized carbons (Fsp3) is 0.286. The van der Waals surface area contributed by atoms with E-state index in [0.717, 1.165) is 5.69 Å². The highest BCUT2D eigenvalue weighted by Gasteiger charge is 2.11. The number of nitrogens with zero attached hydrogens (tertiary/aromatic N) is 2. The van der Waals surface area contributed by atoms with Crippen molar-refractivity contribution in [2.45, 2.75) is 13.0 Å². The first-order chi connectivity index (χ1) is 9.95. The standard InChI is InChI=1S/C14H17FN4O2/c1-9-7-13(19(2)18-9)17-14(21)16-8-12(20)10-3-5-11(15)6-4-10/h3-7,12,20H,8H2,1-2H3,(H2,16,17,21)/t12-/m0/s1. The number of hydrogen-bond acceptors (Lipinski definition) is 3. The van der Waals surface area contributed by atoms with Crippen molar-refractivity contribution in [2.75, 3.05) is 11.9 Å². The minimum absolute atomic E-state index is 0.0221. The van der Waals surface area contributed by atoms with E-state index in [1.165, 1.54) is 24.3 Å². The predicted octanol–water partition coefficient (Wildman–Crippen LogP) is 1.72. The van der Waals surface area contributed by atoms with Crippen LogP contribution >= 0.6 is 0 Å². The largest absolute Gasteiger partial charge is 0.387 e. The summed E-state index contributed by atoms with van der Waals surface area (Å²) in [6.07, 6.45) is -0.898. The lowest BCUT2D eigenvalue weighted by molar-refractivity contribution is 0.175. The molecule has 2 rings (SSSR count). The van der Waals surface area contributed by atoms with Crippen LogP contribution < -0.4 is 10.6 Å². The van der Waals surface area contributed by atoms with Gasteiger partial charge in [0.1, 0.15) is 11.6 Å². The quantitative estimate of drug-likeness (QED) is 0.803. The number of rotatable bonds is 4. The number of aromatic nitrogens is 2. The third-order valence-electron chi connectivity index (χ3n) is 2.95. The number of halogens is 1. The molecule has 0 unspecified atom stereocenters. The first-order valence-corrected chi connectivity index (χ1v) is 6.44. The molecule has 0 radical (unpaired) electrons. The second kappa shape index (κ2) is 6.36. The molecule has 2 aromatic rings. The summed E-state index contributed by atoms with van der Waals surface area (Å²) < 4.78 is 14.3. The van der Waals surface area contributed by atoms with E-state index in [9.17, 15) is 14.3 Å². The van der Waals surface area contributed by atoms with Crippen LogP contribution in [0.2, 0.25) is 0 Å². The number of aliphatic hydroxyl groups is 1. The van der Waals surface area contributed by atoms with Crippen molar-refractivity contribution in [2.24, 2.45) is 7.05 Å². The van der Waals surface area contributed by atoms with Gasteiger partial charge in [-0.05, 0) is 24.6 Å². The highest BCUT2D eigenvalue weighted by Crippen LogP contribution is 2.12. The fourth-order valence-electron chi connectivity index (χ4n) is 1.88. The molecule has 0 fully saturated rings. The number of urea groups is 1. The Morgan fingerprint density at radius 2 is 2.10 bits per heavy atom. The van der Waals surface area contributed by atoms with Crippen LogP contribution in [-0.4, -0.2) is 27.5 Å². The Morgan fingerprint density at radius 3 is 2.67 bits per heavy atom. The van der Waals surface area contributed by atoms with Crippen LogP contribution in [0, 0.1) is 12.7 Å². The second-order valence-corrected chi connectivity index (χ2v) is 4.70. The van der Waals surface area contributed by atoms with Gasteiger partial charge in [-0.3, -0.25) is 10.00 Å². The molecule has 112 valence electrons. The third-order valence-corrected chi connectivity index (χ3v) is 2.95. The van der Waals surface area contributed by atoms with E-state index >= 15 is 0 Å². The van der Waals surface area contributed by atoms with Gasteiger partial charge in [-0.25, -0.2) is 9.18 Å². The second-order valence-electron chi connectivity index (χ2n) is 4.70. The zero-order valence-electron chi connectivity index (χ0n) is 11.8. The van der Waals surface area contributed by atoms with Crippen LogP contribution in [0.25, 0.3) is 0 Å². The molecule has 2 amide bonds. The van der Waals surface area contributed by atoms with Gasteiger partial charge in [-0.15, -0.1) is 0 Å². The Kier molecular flexibility index (Phi) is 4.54. The number of carbonyl (C=O) groups excluding carboxylic acids is 1. The molecular formula is C14H17FN4O2. The highest BCUT2D eigenvalue weighted by atomic mass is 19.1. The Morgan fingerprint density at radius 1 is 1.43 bits per heavy atom. The monoisotopic (exact) mass is 292 g/mol. The van der Waals surface area contributed by atoms with Crippen molar-refractivity contribution in [1.82, 2.24) is 15.1 Å². The molecule has 6 nitrogen and oxygen atoms in total. The number of amides is 2. The maximum Gasteiger partial charge on any atom is 0.320 e. The summed E-state index contributed by atoms with van der Waals surface area (Å²) in [5.41, 5.74) is 1.33. The zero-order valence-corrected chi connectivity index (χ0v) is 11.8. The van der Waals surface area contributed by atoms with E-state index in [2.05, 4.69) is 15.7 Å². The van der Waals surface area contributed by atoms with Gasteiger partial charge in [-0.2, -0.15) is 5.10 Å². The van der Waals surface area contributed by atoms with E-state index < -0.39 is 12.1 Å². The summed E-state index contributed by atoms with van der Waals surface area (Å²) in [5, 5.41) is 19.2. The lowest BCUT2D eigenvalue weighted by Gasteiger charge is -2.13. The number of nitrogens with one attached hydrogen (secondary N) is 2. The van der Waals surface area contributed by atoms with Crippen molar-refractivity contribution in [3.05, 3.63) is 47.4 Å². The summed E-state index contributed by atoms with van der Waals surface area (Å²) in [4.78, 5) is 11.7. The van der Waals surface area contributed by atoms with E-state index in [-0.39, 0.29) is 12.4 Å².